The van der Waals surface area contributed by atoms with Crippen molar-refractivity contribution in [1.82, 2.24) is 0 Å². The summed E-state index contributed by atoms with van der Waals surface area (Å²) in [5.74, 6) is -0.910. The standard InChI is InChI=1S/C12H18N2O4S/c13-3-1-7-5-9(15)10(16)6-11(7)19-4-2-8(14)12(17)18/h5-6,8,15-16H,1-4,13-14H2,(H,17,18)/t8-/m0/s1. The first-order valence-electron chi connectivity index (χ1n) is 5.81. The molecule has 1 aromatic rings. The summed E-state index contributed by atoms with van der Waals surface area (Å²) in [5, 5.41) is 27.6. The predicted molar refractivity (Wildman–Crippen MR) is 73.5 cm³/mol. The van der Waals surface area contributed by atoms with Crippen LogP contribution < -0.4 is 11.5 Å². The van der Waals surface area contributed by atoms with E-state index in [0.717, 1.165) is 10.5 Å². The van der Waals surface area contributed by atoms with Gasteiger partial charge in [0.25, 0.3) is 0 Å². The highest BCUT2D eigenvalue weighted by Crippen LogP contribution is 2.34. The van der Waals surface area contributed by atoms with Crippen LogP contribution in [0.4, 0.5) is 0 Å². The van der Waals surface area contributed by atoms with Gasteiger partial charge in [0.15, 0.2) is 11.5 Å². The molecule has 0 radical (unpaired) electrons. The molecule has 7 heteroatoms. The number of nitrogens with two attached hydrogens (primary N) is 2. The molecule has 1 atom stereocenters. The zero-order chi connectivity index (χ0) is 14.4. The Bertz CT molecular complexity index is 454. The number of thioether (sulfide) groups is 1. The van der Waals surface area contributed by atoms with Gasteiger partial charge >= 0.3 is 5.97 Å². The van der Waals surface area contributed by atoms with Crippen LogP contribution in [0.15, 0.2) is 17.0 Å². The Hall–Kier alpha value is -1.44. The zero-order valence-corrected chi connectivity index (χ0v) is 11.2. The number of phenolic OH excluding ortho intramolecular Hbond substituents is 2. The third-order valence-electron chi connectivity index (χ3n) is 2.57. The molecular weight excluding hydrogens is 268 g/mol. The Morgan fingerprint density at radius 2 is 1.95 bits per heavy atom. The van der Waals surface area contributed by atoms with Gasteiger partial charge in [0, 0.05) is 10.6 Å². The lowest BCUT2D eigenvalue weighted by atomic mass is 10.1. The fourth-order valence-corrected chi connectivity index (χ4v) is 2.64. The molecule has 0 aliphatic rings. The molecule has 0 aliphatic carbocycles. The van der Waals surface area contributed by atoms with E-state index >= 15 is 0 Å². The lowest BCUT2D eigenvalue weighted by molar-refractivity contribution is -0.138. The number of benzene rings is 1. The fraction of sp³-hybridized carbons (Fsp3) is 0.417. The smallest absolute Gasteiger partial charge is 0.320 e. The third kappa shape index (κ3) is 4.62. The summed E-state index contributed by atoms with van der Waals surface area (Å²) in [6.07, 6.45) is 0.894. The molecule has 1 rings (SSSR count). The summed E-state index contributed by atoms with van der Waals surface area (Å²) in [6, 6.07) is 2.04. The number of aliphatic carboxylic acids is 1. The summed E-state index contributed by atoms with van der Waals surface area (Å²) < 4.78 is 0. The van der Waals surface area contributed by atoms with Gasteiger partial charge in [-0.2, -0.15) is 0 Å². The first kappa shape index (κ1) is 15.6. The van der Waals surface area contributed by atoms with Crippen molar-refractivity contribution in [3.05, 3.63) is 17.7 Å². The molecule has 1 aromatic carbocycles. The molecule has 0 aliphatic heterocycles. The first-order valence-corrected chi connectivity index (χ1v) is 6.80. The minimum atomic E-state index is -1.03. The van der Waals surface area contributed by atoms with Gasteiger partial charge in [-0.15, -0.1) is 11.8 Å². The normalized spacial score (nSPS) is 12.3. The van der Waals surface area contributed by atoms with Crippen LogP contribution >= 0.6 is 11.8 Å². The Balaban J connectivity index is 2.71. The minimum absolute atomic E-state index is 0.185. The molecule has 0 heterocycles. The topological polar surface area (TPSA) is 130 Å². The number of carboxylic acid groups (broad SMARTS) is 1. The van der Waals surface area contributed by atoms with Crippen molar-refractivity contribution in [2.75, 3.05) is 12.3 Å². The van der Waals surface area contributed by atoms with Crippen LogP contribution in [0.25, 0.3) is 0 Å². The Morgan fingerprint density at radius 3 is 2.53 bits per heavy atom. The number of aromatic hydroxyl groups is 2. The second-order valence-corrected chi connectivity index (χ2v) is 5.21. The molecule has 0 fully saturated rings. The van der Waals surface area contributed by atoms with Crippen LogP contribution in [0, 0.1) is 0 Å². The van der Waals surface area contributed by atoms with Crippen molar-refractivity contribution in [2.45, 2.75) is 23.8 Å². The molecule has 0 bridgehead atoms. The molecule has 0 aromatic heterocycles. The second kappa shape index (κ2) is 7.22. The van der Waals surface area contributed by atoms with Gasteiger partial charge in [-0.3, -0.25) is 4.79 Å². The average molecular weight is 286 g/mol. The highest BCUT2D eigenvalue weighted by atomic mass is 32.2. The summed E-state index contributed by atoms with van der Waals surface area (Å²) in [7, 11) is 0. The van der Waals surface area contributed by atoms with Crippen LogP contribution in [0.1, 0.15) is 12.0 Å². The Kier molecular flexibility index (Phi) is 5.94. The van der Waals surface area contributed by atoms with E-state index in [2.05, 4.69) is 0 Å². The number of hydrogen-bond acceptors (Lipinski definition) is 6. The van der Waals surface area contributed by atoms with Crippen LogP contribution in [-0.4, -0.2) is 39.6 Å². The van der Waals surface area contributed by atoms with Crippen molar-refractivity contribution >= 4 is 17.7 Å². The van der Waals surface area contributed by atoms with E-state index in [1.54, 1.807) is 0 Å². The highest BCUT2D eigenvalue weighted by Gasteiger charge is 2.13. The van der Waals surface area contributed by atoms with Gasteiger partial charge in [-0.1, -0.05) is 0 Å². The number of hydrogen-bond donors (Lipinski definition) is 5. The van der Waals surface area contributed by atoms with Crippen molar-refractivity contribution in [2.24, 2.45) is 11.5 Å². The van der Waals surface area contributed by atoms with Crippen molar-refractivity contribution < 1.29 is 20.1 Å². The van der Waals surface area contributed by atoms with E-state index in [-0.39, 0.29) is 11.5 Å². The van der Waals surface area contributed by atoms with Crippen molar-refractivity contribution in [3.63, 3.8) is 0 Å². The maximum Gasteiger partial charge on any atom is 0.320 e. The molecule has 0 spiro atoms. The van der Waals surface area contributed by atoms with E-state index < -0.39 is 12.0 Å². The van der Waals surface area contributed by atoms with E-state index in [1.165, 1.54) is 23.9 Å². The molecule has 106 valence electrons. The molecule has 0 amide bonds. The van der Waals surface area contributed by atoms with Crippen LogP contribution in [0.5, 0.6) is 11.5 Å². The van der Waals surface area contributed by atoms with Gasteiger partial charge in [0.1, 0.15) is 6.04 Å². The summed E-state index contributed by atoms with van der Waals surface area (Å²) in [5.41, 5.74) is 11.7. The summed E-state index contributed by atoms with van der Waals surface area (Å²) in [4.78, 5) is 11.4. The maximum atomic E-state index is 10.6. The van der Waals surface area contributed by atoms with Crippen molar-refractivity contribution in [1.29, 1.82) is 0 Å². The van der Waals surface area contributed by atoms with Gasteiger partial charge in [0.05, 0.1) is 0 Å². The summed E-state index contributed by atoms with van der Waals surface area (Å²) in [6.45, 7) is 0.423. The largest absolute Gasteiger partial charge is 0.504 e. The van der Waals surface area contributed by atoms with Gasteiger partial charge < -0.3 is 26.8 Å². The molecule has 7 N–H and O–H groups in total. The molecule has 0 unspecified atom stereocenters. The molecule has 6 nitrogen and oxygen atoms in total. The molecule has 0 saturated heterocycles. The number of carbonyl (C=O) groups is 1. The van der Waals surface area contributed by atoms with E-state index in [1.807, 2.05) is 0 Å². The van der Waals surface area contributed by atoms with Crippen LogP contribution in [0.3, 0.4) is 0 Å². The zero-order valence-electron chi connectivity index (χ0n) is 10.4. The first-order chi connectivity index (χ1) is 8.95. The SMILES string of the molecule is NCCc1cc(O)c(O)cc1SCC[C@H](N)C(=O)O. The minimum Gasteiger partial charge on any atom is -0.504 e. The Labute approximate surface area is 115 Å². The monoisotopic (exact) mass is 286 g/mol. The number of carboxylic acids is 1. The molecule has 0 saturated carbocycles. The fourth-order valence-electron chi connectivity index (χ4n) is 1.51. The van der Waals surface area contributed by atoms with E-state index in [9.17, 15) is 15.0 Å². The quantitative estimate of drug-likeness (QED) is 0.364. The average Bonchev–Trinajstić information content (AvgIpc) is 2.35. The molecular formula is C12H18N2O4S. The lowest BCUT2D eigenvalue weighted by Gasteiger charge is -2.11. The van der Waals surface area contributed by atoms with Gasteiger partial charge in [-0.25, -0.2) is 0 Å². The van der Waals surface area contributed by atoms with Crippen molar-refractivity contribution in [3.8, 4) is 11.5 Å². The third-order valence-corrected chi connectivity index (χ3v) is 3.71. The van der Waals surface area contributed by atoms with Crippen LogP contribution in [-0.2, 0) is 11.2 Å². The second-order valence-electron chi connectivity index (χ2n) is 4.07. The summed E-state index contributed by atoms with van der Waals surface area (Å²) >= 11 is 1.39. The van der Waals surface area contributed by atoms with Crippen LogP contribution in [0.2, 0.25) is 0 Å². The van der Waals surface area contributed by atoms with E-state index in [4.69, 9.17) is 16.6 Å². The Morgan fingerprint density at radius 1 is 1.32 bits per heavy atom. The molecule has 19 heavy (non-hydrogen) atoms. The lowest BCUT2D eigenvalue weighted by Crippen LogP contribution is -2.30. The number of rotatable bonds is 7. The van der Waals surface area contributed by atoms with Gasteiger partial charge in [0.2, 0.25) is 0 Å². The highest BCUT2D eigenvalue weighted by molar-refractivity contribution is 7.99. The predicted octanol–water partition coefficient (Wildman–Crippen LogP) is 0.493. The number of phenols is 2. The van der Waals surface area contributed by atoms with E-state index in [0.29, 0.717) is 25.1 Å². The maximum absolute atomic E-state index is 10.6. The van der Waals surface area contributed by atoms with Gasteiger partial charge in [-0.05, 0) is 37.1 Å².